The summed E-state index contributed by atoms with van der Waals surface area (Å²) in [6.45, 7) is 12.0. The molecule has 0 spiro atoms. The molecule has 0 aliphatic carbocycles. The lowest BCUT2D eigenvalue weighted by molar-refractivity contribution is 1.41. The van der Waals surface area contributed by atoms with Crippen LogP contribution in [0.25, 0.3) is 10.9 Å². The fourth-order valence-electron chi connectivity index (χ4n) is 1.40. The minimum Gasteiger partial charge on any atom is -0.256 e. The highest BCUT2D eigenvalue weighted by Gasteiger charge is 1.86. The van der Waals surface area contributed by atoms with Crippen molar-refractivity contribution in [3.05, 3.63) is 79.0 Å². The first kappa shape index (κ1) is 22.1. The number of aromatic nitrogens is 1. The highest BCUT2D eigenvalue weighted by molar-refractivity contribution is 5.77. The maximum absolute atomic E-state index is 4.18. The van der Waals surface area contributed by atoms with Crippen LogP contribution in [0, 0.1) is 0 Å². The fourth-order valence-corrected chi connectivity index (χ4v) is 1.40. The average molecular weight is 297 g/mol. The van der Waals surface area contributed by atoms with Gasteiger partial charge in [-0.15, -0.1) is 0 Å². The molecule has 0 amide bonds. The zero-order valence-electron chi connectivity index (χ0n) is 15.0. The molecule has 0 saturated carbocycles. The van der Waals surface area contributed by atoms with Crippen molar-refractivity contribution in [1.29, 1.82) is 0 Å². The van der Waals surface area contributed by atoms with Gasteiger partial charge in [0.1, 0.15) is 0 Å². The summed E-state index contributed by atoms with van der Waals surface area (Å²) in [5.41, 5.74) is 1.06. The van der Waals surface area contributed by atoms with E-state index in [0.717, 1.165) is 5.52 Å². The Hall–Kier alpha value is -2.15. The maximum atomic E-state index is 4.18. The van der Waals surface area contributed by atoms with Gasteiger partial charge < -0.3 is 0 Å². The third-order valence-electron chi connectivity index (χ3n) is 2.18. The number of rotatable bonds is 0. The van der Waals surface area contributed by atoms with Crippen LogP contribution < -0.4 is 0 Å². The van der Waals surface area contributed by atoms with Crippen LogP contribution in [0.1, 0.15) is 41.5 Å². The van der Waals surface area contributed by atoms with Gasteiger partial charge in [-0.25, -0.2) is 0 Å². The first-order valence-corrected chi connectivity index (χ1v) is 8.26. The van der Waals surface area contributed by atoms with Crippen molar-refractivity contribution in [3.63, 3.8) is 0 Å². The molecule has 2 aromatic carbocycles. The summed E-state index contributed by atoms with van der Waals surface area (Å²) in [6, 6.07) is 24.1. The Morgan fingerprint density at radius 3 is 1.36 bits per heavy atom. The average Bonchev–Trinajstić information content (AvgIpc) is 2.69. The second-order valence-electron chi connectivity index (χ2n) is 3.35. The zero-order chi connectivity index (χ0) is 17.1. The van der Waals surface area contributed by atoms with Gasteiger partial charge in [0.25, 0.3) is 0 Å². The van der Waals surface area contributed by atoms with Crippen LogP contribution in [0.4, 0.5) is 0 Å². The van der Waals surface area contributed by atoms with Gasteiger partial charge in [0.15, 0.2) is 0 Å². The van der Waals surface area contributed by atoms with Crippen LogP contribution in [-0.4, -0.2) is 4.98 Å². The topological polar surface area (TPSA) is 12.9 Å². The van der Waals surface area contributed by atoms with E-state index < -0.39 is 0 Å². The van der Waals surface area contributed by atoms with Crippen molar-refractivity contribution >= 4 is 10.9 Å². The van der Waals surface area contributed by atoms with Crippen molar-refractivity contribution < 1.29 is 0 Å². The predicted molar refractivity (Wildman–Crippen MR) is 102 cm³/mol. The molecule has 1 nitrogen and oxygen atoms in total. The number of pyridine rings is 1. The Kier molecular flexibility index (Phi) is 19.0. The standard InChI is InChI=1S/C9H7N.C6H6.3C2H6/c1-2-6-9-8(4-1)5-3-7-10-9;1-2-4-6-5-3-1;3*1-2/h1-7H;1-6H;3*1-2H3. The van der Waals surface area contributed by atoms with Gasteiger partial charge in [-0.2, -0.15) is 0 Å². The van der Waals surface area contributed by atoms with E-state index in [9.17, 15) is 0 Å². The molecule has 120 valence electrons. The zero-order valence-corrected chi connectivity index (χ0v) is 15.0. The second kappa shape index (κ2) is 18.9. The van der Waals surface area contributed by atoms with Gasteiger partial charge in [0.05, 0.1) is 5.52 Å². The second-order valence-corrected chi connectivity index (χ2v) is 3.35. The van der Waals surface area contributed by atoms with Crippen LogP contribution in [0.5, 0.6) is 0 Å². The van der Waals surface area contributed by atoms with Crippen LogP contribution in [0.15, 0.2) is 79.0 Å². The van der Waals surface area contributed by atoms with Gasteiger partial charge in [-0.3, -0.25) is 4.98 Å². The van der Waals surface area contributed by atoms with Crippen LogP contribution in [0.2, 0.25) is 0 Å². The van der Waals surface area contributed by atoms with Crippen molar-refractivity contribution in [2.24, 2.45) is 0 Å². The normalized spacial score (nSPS) is 7.55. The molecule has 0 radical (unpaired) electrons. The van der Waals surface area contributed by atoms with Crippen molar-refractivity contribution in [1.82, 2.24) is 4.98 Å². The molecule has 1 heterocycles. The smallest absolute Gasteiger partial charge is 0.0701 e. The molecule has 0 bridgehead atoms. The first-order valence-electron chi connectivity index (χ1n) is 8.26. The molecule has 0 unspecified atom stereocenters. The molecule has 0 aliphatic heterocycles. The lowest BCUT2D eigenvalue weighted by atomic mass is 10.2. The molecule has 1 aromatic heterocycles. The monoisotopic (exact) mass is 297 g/mol. The van der Waals surface area contributed by atoms with E-state index in [1.54, 1.807) is 0 Å². The van der Waals surface area contributed by atoms with E-state index in [0.29, 0.717) is 0 Å². The van der Waals surface area contributed by atoms with Crippen LogP contribution in [0.3, 0.4) is 0 Å². The number of benzene rings is 2. The van der Waals surface area contributed by atoms with E-state index in [2.05, 4.69) is 17.1 Å². The quantitative estimate of drug-likeness (QED) is 0.435. The number of nitrogens with zero attached hydrogens (tertiary/aromatic N) is 1. The molecule has 0 N–H and O–H groups in total. The number of hydrogen-bond acceptors (Lipinski definition) is 1. The van der Waals surface area contributed by atoms with E-state index in [1.807, 2.05) is 108 Å². The third-order valence-corrected chi connectivity index (χ3v) is 2.18. The Balaban J connectivity index is 0. The van der Waals surface area contributed by atoms with E-state index in [-0.39, 0.29) is 0 Å². The summed E-state index contributed by atoms with van der Waals surface area (Å²) in [7, 11) is 0. The fraction of sp³-hybridized carbons (Fsp3) is 0.286. The van der Waals surface area contributed by atoms with Gasteiger partial charge >= 0.3 is 0 Å². The lowest BCUT2D eigenvalue weighted by Gasteiger charge is -1.91. The summed E-state index contributed by atoms with van der Waals surface area (Å²) in [5.74, 6) is 0. The molecule has 0 atom stereocenters. The van der Waals surface area contributed by atoms with Crippen LogP contribution >= 0.6 is 0 Å². The highest BCUT2D eigenvalue weighted by atomic mass is 14.6. The lowest BCUT2D eigenvalue weighted by Crippen LogP contribution is -1.73. The molecular formula is C21H31N. The predicted octanol–water partition coefficient (Wildman–Crippen LogP) is 7.00. The van der Waals surface area contributed by atoms with Crippen molar-refractivity contribution in [3.8, 4) is 0 Å². The van der Waals surface area contributed by atoms with E-state index in [4.69, 9.17) is 0 Å². The van der Waals surface area contributed by atoms with Gasteiger partial charge in [-0.05, 0) is 12.1 Å². The van der Waals surface area contributed by atoms with Crippen molar-refractivity contribution in [2.75, 3.05) is 0 Å². The van der Waals surface area contributed by atoms with Crippen molar-refractivity contribution in [2.45, 2.75) is 41.5 Å². The molecule has 0 fully saturated rings. The largest absolute Gasteiger partial charge is 0.256 e. The Bertz CT molecular complexity index is 440. The molecule has 3 aromatic rings. The maximum Gasteiger partial charge on any atom is 0.0701 e. The molecule has 1 heteroatoms. The molecular weight excluding hydrogens is 266 g/mol. The third kappa shape index (κ3) is 10.6. The first-order chi connectivity index (χ1) is 11.0. The summed E-state index contributed by atoms with van der Waals surface area (Å²) < 4.78 is 0. The Morgan fingerprint density at radius 2 is 0.909 bits per heavy atom. The van der Waals surface area contributed by atoms with Crippen LogP contribution in [-0.2, 0) is 0 Å². The Labute approximate surface area is 137 Å². The van der Waals surface area contributed by atoms with E-state index >= 15 is 0 Å². The minimum absolute atomic E-state index is 1.06. The number of fused-ring (bicyclic) bond motifs is 1. The van der Waals surface area contributed by atoms with Gasteiger partial charge in [0.2, 0.25) is 0 Å². The molecule has 0 aliphatic rings. The van der Waals surface area contributed by atoms with Gasteiger partial charge in [0, 0.05) is 11.6 Å². The Morgan fingerprint density at radius 1 is 0.500 bits per heavy atom. The summed E-state index contributed by atoms with van der Waals surface area (Å²) in [6.07, 6.45) is 1.81. The molecule has 3 rings (SSSR count). The summed E-state index contributed by atoms with van der Waals surface area (Å²) in [5, 5.41) is 1.20. The SMILES string of the molecule is CC.CC.CC.c1ccc2ncccc2c1.c1ccccc1. The number of hydrogen-bond donors (Lipinski definition) is 0. The summed E-state index contributed by atoms with van der Waals surface area (Å²) >= 11 is 0. The van der Waals surface area contributed by atoms with E-state index in [1.165, 1.54) is 5.39 Å². The minimum atomic E-state index is 1.06. The van der Waals surface area contributed by atoms with Gasteiger partial charge in [-0.1, -0.05) is 102 Å². The highest BCUT2D eigenvalue weighted by Crippen LogP contribution is 2.07. The number of para-hydroxylation sites is 1. The molecule has 22 heavy (non-hydrogen) atoms. The summed E-state index contributed by atoms with van der Waals surface area (Å²) in [4.78, 5) is 4.18. The molecule has 0 saturated heterocycles.